The molecule has 1 aromatic rings. The Hall–Kier alpha value is -1.53. The zero-order chi connectivity index (χ0) is 17.8. The van der Waals surface area contributed by atoms with Crippen molar-refractivity contribution in [2.24, 2.45) is 5.41 Å². The van der Waals surface area contributed by atoms with Crippen molar-refractivity contribution in [2.75, 3.05) is 13.2 Å². The predicted octanol–water partition coefficient (Wildman–Crippen LogP) is 5.15. The Balaban J connectivity index is 2.81. The van der Waals surface area contributed by atoms with E-state index in [1.165, 1.54) is 20.8 Å². The van der Waals surface area contributed by atoms with E-state index in [4.69, 9.17) is 9.47 Å². The average molecular weight is 340 g/mol. The van der Waals surface area contributed by atoms with Gasteiger partial charge in [0.15, 0.2) is 18.1 Å². The summed E-state index contributed by atoms with van der Waals surface area (Å²) in [5.41, 5.74) is -1.39. The maximum absolute atomic E-state index is 13.8. The van der Waals surface area contributed by atoms with Crippen LogP contribution in [-0.4, -0.2) is 25.3 Å². The summed E-state index contributed by atoms with van der Waals surface area (Å²) in [6.45, 7) is 4.00. The van der Waals surface area contributed by atoms with Crippen molar-refractivity contribution in [1.82, 2.24) is 0 Å². The largest absolute Gasteiger partial charge is 0.487 e. The molecule has 7 heteroatoms. The third-order valence-corrected chi connectivity index (χ3v) is 3.38. The summed E-state index contributed by atoms with van der Waals surface area (Å²) in [6.07, 6.45) is -1.13. The summed E-state index contributed by atoms with van der Waals surface area (Å²) in [7, 11) is 0. The first-order valence-corrected chi connectivity index (χ1v) is 7.25. The van der Waals surface area contributed by atoms with Crippen molar-refractivity contribution < 1.29 is 31.4 Å². The van der Waals surface area contributed by atoms with E-state index >= 15 is 0 Å². The van der Waals surface area contributed by atoms with Gasteiger partial charge in [0.25, 0.3) is 5.92 Å². The van der Waals surface area contributed by atoms with Crippen molar-refractivity contribution in [2.45, 2.75) is 46.2 Å². The van der Waals surface area contributed by atoms with Crippen molar-refractivity contribution in [3.8, 4) is 11.5 Å². The lowest BCUT2D eigenvalue weighted by atomic mass is 9.88. The Bertz CT molecular complexity index is 526. The Morgan fingerprint density at radius 3 is 1.91 bits per heavy atom. The second-order valence-corrected chi connectivity index (χ2v) is 6.25. The van der Waals surface area contributed by atoms with Gasteiger partial charge in [0.2, 0.25) is 11.6 Å². The molecule has 0 radical (unpaired) electrons. The van der Waals surface area contributed by atoms with Crippen molar-refractivity contribution in [1.29, 1.82) is 0 Å². The molecule has 23 heavy (non-hydrogen) atoms. The standard InChI is InChI=1S/C16H21F5O2/c1-5-10(17)8-22-11-6-7-12(14(19)13(11)18)23-9-16(20,21)15(2,3)4/h6-7,10H,5,8-9H2,1-4H3. The second-order valence-electron chi connectivity index (χ2n) is 6.25. The highest BCUT2D eigenvalue weighted by molar-refractivity contribution is 5.35. The van der Waals surface area contributed by atoms with Gasteiger partial charge in [-0.15, -0.1) is 0 Å². The maximum Gasteiger partial charge on any atom is 0.286 e. The van der Waals surface area contributed by atoms with Gasteiger partial charge >= 0.3 is 0 Å². The highest BCUT2D eigenvalue weighted by atomic mass is 19.3. The normalized spacial score (nSPS) is 13.8. The number of hydrogen-bond donors (Lipinski definition) is 0. The molecule has 0 saturated heterocycles. The van der Waals surface area contributed by atoms with E-state index < -0.39 is 53.9 Å². The molecule has 1 rings (SSSR count). The van der Waals surface area contributed by atoms with Gasteiger partial charge in [0.1, 0.15) is 12.8 Å². The number of benzene rings is 1. The Labute approximate surface area is 132 Å². The minimum Gasteiger partial charge on any atom is -0.487 e. The molecule has 0 aliphatic carbocycles. The zero-order valence-electron chi connectivity index (χ0n) is 13.6. The molecule has 132 valence electrons. The van der Waals surface area contributed by atoms with Crippen LogP contribution in [0.1, 0.15) is 34.1 Å². The number of ether oxygens (including phenoxy) is 2. The van der Waals surface area contributed by atoms with Crippen LogP contribution < -0.4 is 9.47 Å². The van der Waals surface area contributed by atoms with Gasteiger partial charge in [0, 0.05) is 5.41 Å². The van der Waals surface area contributed by atoms with Gasteiger partial charge in [-0.2, -0.15) is 8.78 Å². The van der Waals surface area contributed by atoms with Gasteiger partial charge in [-0.05, 0) is 18.6 Å². The summed E-state index contributed by atoms with van der Waals surface area (Å²) in [5.74, 6) is -7.21. The van der Waals surface area contributed by atoms with Crippen LogP contribution in [0.2, 0.25) is 0 Å². The first-order valence-electron chi connectivity index (χ1n) is 7.25. The monoisotopic (exact) mass is 340 g/mol. The average Bonchev–Trinajstić information content (AvgIpc) is 2.46. The van der Waals surface area contributed by atoms with E-state index in [1.807, 2.05) is 0 Å². The van der Waals surface area contributed by atoms with Crippen LogP contribution in [0.25, 0.3) is 0 Å². The van der Waals surface area contributed by atoms with Gasteiger partial charge in [-0.25, -0.2) is 13.2 Å². The summed E-state index contributed by atoms with van der Waals surface area (Å²) in [5, 5.41) is 0. The minimum absolute atomic E-state index is 0.174. The highest BCUT2D eigenvalue weighted by Crippen LogP contribution is 2.37. The smallest absolute Gasteiger partial charge is 0.286 e. The van der Waals surface area contributed by atoms with Gasteiger partial charge in [-0.3, -0.25) is 0 Å². The fraction of sp³-hybridized carbons (Fsp3) is 0.625. The highest BCUT2D eigenvalue weighted by Gasteiger charge is 2.44. The molecule has 0 fully saturated rings. The molecule has 0 spiro atoms. The third kappa shape index (κ3) is 4.97. The zero-order valence-corrected chi connectivity index (χ0v) is 13.6. The fourth-order valence-corrected chi connectivity index (χ4v) is 1.42. The predicted molar refractivity (Wildman–Crippen MR) is 76.9 cm³/mol. The van der Waals surface area contributed by atoms with Crippen LogP contribution in [0.5, 0.6) is 11.5 Å². The fourth-order valence-electron chi connectivity index (χ4n) is 1.42. The van der Waals surface area contributed by atoms with Crippen molar-refractivity contribution in [3.63, 3.8) is 0 Å². The van der Waals surface area contributed by atoms with Gasteiger partial charge in [-0.1, -0.05) is 27.7 Å². The third-order valence-electron chi connectivity index (χ3n) is 3.38. The molecule has 0 aliphatic heterocycles. The van der Waals surface area contributed by atoms with E-state index in [-0.39, 0.29) is 6.42 Å². The van der Waals surface area contributed by atoms with E-state index in [1.54, 1.807) is 6.92 Å². The lowest BCUT2D eigenvalue weighted by Crippen LogP contribution is -2.39. The summed E-state index contributed by atoms with van der Waals surface area (Å²) in [4.78, 5) is 0. The Morgan fingerprint density at radius 1 is 1.00 bits per heavy atom. The van der Waals surface area contributed by atoms with Crippen LogP contribution in [0.15, 0.2) is 12.1 Å². The van der Waals surface area contributed by atoms with Crippen LogP contribution in [0.4, 0.5) is 22.0 Å². The molecule has 0 heterocycles. The number of hydrogen-bond acceptors (Lipinski definition) is 2. The molecule has 1 aromatic carbocycles. The molecular formula is C16H21F5O2. The SMILES string of the molecule is CCC(F)COc1ccc(OCC(F)(F)C(C)(C)C)c(F)c1F. The summed E-state index contributed by atoms with van der Waals surface area (Å²) in [6, 6.07) is 2.00. The molecule has 2 nitrogen and oxygen atoms in total. The molecular weight excluding hydrogens is 319 g/mol. The van der Waals surface area contributed by atoms with Crippen molar-refractivity contribution in [3.05, 3.63) is 23.8 Å². The van der Waals surface area contributed by atoms with E-state index in [2.05, 4.69) is 0 Å². The van der Waals surface area contributed by atoms with Crippen LogP contribution in [0, 0.1) is 17.0 Å². The molecule has 0 aliphatic rings. The first kappa shape index (κ1) is 19.5. The van der Waals surface area contributed by atoms with E-state index in [0.29, 0.717) is 0 Å². The maximum atomic E-state index is 13.8. The molecule has 0 amide bonds. The topological polar surface area (TPSA) is 18.5 Å². The number of rotatable bonds is 7. The first-order chi connectivity index (χ1) is 10.5. The molecule has 0 bridgehead atoms. The quantitative estimate of drug-likeness (QED) is 0.639. The minimum atomic E-state index is -3.23. The van der Waals surface area contributed by atoms with Gasteiger partial charge < -0.3 is 9.47 Å². The van der Waals surface area contributed by atoms with E-state index in [0.717, 1.165) is 12.1 Å². The Kier molecular flexibility index (Phi) is 6.25. The number of alkyl halides is 3. The number of halogens is 5. The Morgan fingerprint density at radius 2 is 1.48 bits per heavy atom. The summed E-state index contributed by atoms with van der Waals surface area (Å²) < 4.78 is 77.7. The molecule has 0 aromatic heterocycles. The molecule has 0 N–H and O–H groups in total. The second kappa shape index (κ2) is 7.36. The molecule has 1 unspecified atom stereocenters. The molecule has 0 saturated carbocycles. The van der Waals surface area contributed by atoms with Crippen LogP contribution in [-0.2, 0) is 0 Å². The van der Waals surface area contributed by atoms with Crippen LogP contribution in [0.3, 0.4) is 0 Å². The summed E-state index contributed by atoms with van der Waals surface area (Å²) >= 11 is 0. The van der Waals surface area contributed by atoms with Crippen LogP contribution >= 0.6 is 0 Å². The van der Waals surface area contributed by atoms with E-state index in [9.17, 15) is 22.0 Å². The lowest BCUT2D eigenvalue weighted by molar-refractivity contribution is -0.124. The van der Waals surface area contributed by atoms with Crippen molar-refractivity contribution >= 4 is 0 Å². The lowest BCUT2D eigenvalue weighted by Gasteiger charge is -2.30. The van der Waals surface area contributed by atoms with Gasteiger partial charge in [0.05, 0.1) is 0 Å². The molecule has 1 atom stereocenters.